The summed E-state index contributed by atoms with van der Waals surface area (Å²) in [5, 5.41) is 0.711. The molecule has 0 atom stereocenters. The van der Waals surface area contributed by atoms with Crippen molar-refractivity contribution in [3.8, 4) is 0 Å². The average molecular weight is 338 g/mol. The van der Waals surface area contributed by atoms with Gasteiger partial charge in [-0.2, -0.15) is 0 Å². The molecule has 0 aliphatic heterocycles. The molecule has 0 spiro atoms. The number of fused-ring (bicyclic) bond motifs is 1. The van der Waals surface area contributed by atoms with Gasteiger partial charge in [-0.05, 0) is 49.1 Å². The van der Waals surface area contributed by atoms with E-state index in [0.29, 0.717) is 5.02 Å². The van der Waals surface area contributed by atoms with Crippen LogP contribution in [0.5, 0.6) is 0 Å². The van der Waals surface area contributed by atoms with E-state index in [4.69, 9.17) is 16.6 Å². The maximum atomic E-state index is 12.7. The summed E-state index contributed by atoms with van der Waals surface area (Å²) in [6.07, 6.45) is 1.92. The highest BCUT2D eigenvalue weighted by Gasteiger charge is 2.25. The van der Waals surface area contributed by atoms with Gasteiger partial charge in [-0.3, -0.25) is 4.79 Å². The minimum atomic E-state index is 0.0951. The number of allylic oxidation sites excluding steroid dienone is 2. The first-order valence-corrected chi connectivity index (χ1v) is 8.47. The first-order chi connectivity index (χ1) is 11.4. The van der Waals surface area contributed by atoms with E-state index in [9.17, 15) is 4.79 Å². The first-order valence-electron chi connectivity index (χ1n) is 8.09. The predicted molar refractivity (Wildman–Crippen MR) is 101 cm³/mol. The number of rotatable bonds is 2. The van der Waals surface area contributed by atoms with Gasteiger partial charge in [0.15, 0.2) is 5.78 Å². The standard InChI is InChI=1S/C21H20ClNO/c1-12(2)18-11-20(16-7-5-6-8-17(16)21(18)24)23-15-9-13(3)14(4)19(22)10-15/h5-12H,1-4H3. The maximum Gasteiger partial charge on any atom is 0.190 e. The minimum Gasteiger partial charge on any atom is -0.289 e. The van der Waals surface area contributed by atoms with E-state index < -0.39 is 0 Å². The summed E-state index contributed by atoms with van der Waals surface area (Å²) in [6, 6.07) is 11.5. The summed E-state index contributed by atoms with van der Waals surface area (Å²) >= 11 is 6.30. The lowest BCUT2D eigenvalue weighted by atomic mass is 9.84. The zero-order valence-corrected chi connectivity index (χ0v) is 15.1. The second kappa shape index (κ2) is 6.37. The van der Waals surface area contributed by atoms with Crippen molar-refractivity contribution in [2.24, 2.45) is 10.9 Å². The third kappa shape index (κ3) is 2.94. The lowest BCUT2D eigenvalue weighted by molar-refractivity contribution is 0.102. The van der Waals surface area contributed by atoms with Crippen LogP contribution in [0.4, 0.5) is 5.69 Å². The molecule has 1 aliphatic rings. The van der Waals surface area contributed by atoms with E-state index in [-0.39, 0.29) is 11.7 Å². The summed E-state index contributed by atoms with van der Waals surface area (Å²) in [4.78, 5) is 17.5. The van der Waals surface area contributed by atoms with Gasteiger partial charge in [0.25, 0.3) is 0 Å². The number of carbonyl (C=O) groups is 1. The quantitative estimate of drug-likeness (QED) is 0.675. The summed E-state index contributed by atoms with van der Waals surface area (Å²) in [7, 11) is 0. The third-order valence-corrected chi connectivity index (χ3v) is 4.85. The van der Waals surface area contributed by atoms with Crippen molar-refractivity contribution in [3.63, 3.8) is 0 Å². The highest BCUT2D eigenvalue weighted by atomic mass is 35.5. The predicted octanol–water partition coefficient (Wildman–Crippen LogP) is 5.86. The van der Waals surface area contributed by atoms with E-state index in [1.807, 2.05) is 70.2 Å². The number of ketones is 1. The summed E-state index contributed by atoms with van der Waals surface area (Å²) < 4.78 is 0. The topological polar surface area (TPSA) is 29.4 Å². The maximum absolute atomic E-state index is 12.7. The smallest absolute Gasteiger partial charge is 0.190 e. The molecule has 0 fully saturated rings. The van der Waals surface area contributed by atoms with Gasteiger partial charge in [-0.15, -0.1) is 0 Å². The number of benzene rings is 2. The van der Waals surface area contributed by atoms with E-state index >= 15 is 0 Å². The molecule has 1 aliphatic carbocycles. The van der Waals surface area contributed by atoms with E-state index in [2.05, 4.69) is 0 Å². The van der Waals surface area contributed by atoms with E-state index in [0.717, 1.165) is 39.2 Å². The first kappa shape index (κ1) is 16.7. The Labute approximate surface area is 147 Å². The molecule has 0 N–H and O–H groups in total. The summed E-state index contributed by atoms with van der Waals surface area (Å²) in [6.45, 7) is 8.09. The number of aryl methyl sites for hydroxylation is 1. The lowest BCUT2D eigenvalue weighted by Crippen LogP contribution is -2.20. The van der Waals surface area contributed by atoms with Gasteiger partial charge in [0.2, 0.25) is 0 Å². The molecule has 0 aromatic heterocycles. The van der Waals surface area contributed by atoms with Crippen molar-refractivity contribution in [2.45, 2.75) is 27.7 Å². The summed E-state index contributed by atoms with van der Waals surface area (Å²) in [5.74, 6) is 0.247. The van der Waals surface area contributed by atoms with Crippen LogP contribution in [0.2, 0.25) is 5.02 Å². The number of Topliss-reactive ketones (excluding diaryl/α,β-unsaturated/α-hetero) is 1. The van der Waals surface area contributed by atoms with Crippen LogP contribution >= 0.6 is 11.6 Å². The molecule has 122 valence electrons. The van der Waals surface area contributed by atoms with Crippen molar-refractivity contribution in [2.75, 3.05) is 0 Å². The number of nitrogens with zero attached hydrogens (tertiary/aromatic N) is 1. The molecule has 0 heterocycles. The molecule has 0 bridgehead atoms. The average Bonchev–Trinajstić information content (AvgIpc) is 2.55. The molecular formula is C21H20ClNO. The van der Waals surface area contributed by atoms with Crippen molar-refractivity contribution in [1.82, 2.24) is 0 Å². The highest BCUT2D eigenvalue weighted by Crippen LogP contribution is 2.30. The Morgan fingerprint density at radius 3 is 2.33 bits per heavy atom. The molecule has 24 heavy (non-hydrogen) atoms. The zero-order valence-electron chi connectivity index (χ0n) is 14.4. The number of hydrogen-bond donors (Lipinski definition) is 0. The Hall–Kier alpha value is -2.19. The molecule has 0 saturated heterocycles. The van der Waals surface area contributed by atoms with Gasteiger partial charge in [0.1, 0.15) is 0 Å². The molecular weight excluding hydrogens is 318 g/mol. The normalized spacial score (nSPS) is 15.7. The second-order valence-electron chi connectivity index (χ2n) is 6.50. The van der Waals surface area contributed by atoms with Gasteiger partial charge in [-0.25, -0.2) is 4.99 Å². The highest BCUT2D eigenvalue weighted by molar-refractivity contribution is 6.32. The minimum absolute atomic E-state index is 0.0951. The number of halogens is 1. The molecule has 0 amide bonds. The fraction of sp³-hybridized carbons (Fsp3) is 0.238. The van der Waals surface area contributed by atoms with Crippen molar-refractivity contribution < 1.29 is 4.79 Å². The van der Waals surface area contributed by atoms with Crippen LogP contribution in [0.15, 0.2) is 53.0 Å². The number of aliphatic imine (C=N–C) groups is 1. The van der Waals surface area contributed by atoms with Gasteiger partial charge in [0.05, 0.1) is 11.4 Å². The fourth-order valence-corrected chi connectivity index (χ4v) is 3.13. The van der Waals surface area contributed by atoms with Gasteiger partial charge >= 0.3 is 0 Å². The van der Waals surface area contributed by atoms with Crippen LogP contribution in [0, 0.1) is 19.8 Å². The Kier molecular flexibility index (Phi) is 4.42. The van der Waals surface area contributed by atoms with Crippen LogP contribution in [-0.4, -0.2) is 11.5 Å². The van der Waals surface area contributed by atoms with Gasteiger partial charge < -0.3 is 0 Å². The molecule has 0 radical (unpaired) electrons. The Morgan fingerprint density at radius 2 is 1.71 bits per heavy atom. The van der Waals surface area contributed by atoms with Gasteiger partial charge in [-0.1, -0.05) is 49.7 Å². The largest absolute Gasteiger partial charge is 0.289 e. The zero-order chi connectivity index (χ0) is 17.4. The van der Waals surface area contributed by atoms with E-state index in [1.54, 1.807) is 0 Å². The Bertz CT molecular complexity index is 867. The molecule has 2 aromatic carbocycles. The SMILES string of the molecule is Cc1cc(N=C2C=C(C(C)C)C(=O)c3ccccc32)cc(Cl)c1C. The monoisotopic (exact) mass is 337 g/mol. The Balaban J connectivity index is 2.19. The van der Waals surface area contributed by atoms with Crippen molar-refractivity contribution >= 4 is 28.8 Å². The summed E-state index contributed by atoms with van der Waals surface area (Å²) in [5.41, 5.74) is 6.18. The molecule has 0 unspecified atom stereocenters. The number of carbonyl (C=O) groups excluding carboxylic acids is 1. The Morgan fingerprint density at radius 1 is 1.04 bits per heavy atom. The van der Waals surface area contributed by atoms with Crippen LogP contribution in [-0.2, 0) is 0 Å². The van der Waals surface area contributed by atoms with Crippen molar-refractivity contribution in [3.05, 3.63) is 75.3 Å². The molecule has 2 aromatic rings. The molecule has 3 rings (SSSR count). The third-order valence-electron chi connectivity index (χ3n) is 4.46. The second-order valence-corrected chi connectivity index (χ2v) is 6.90. The van der Waals surface area contributed by atoms with Crippen LogP contribution in [0.1, 0.15) is 40.9 Å². The van der Waals surface area contributed by atoms with Crippen molar-refractivity contribution in [1.29, 1.82) is 0 Å². The molecule has 0 saturated carbocycles. The fourth-order valence-electron chi connectivity index (χ4n) is 2.87. The van der Waals surface area contributed by atoms with Crippen LogP contribution < -0.4 is 0 Å². The van der Waals surface area contributed by atoms with Crippen LogP contribution in [0.3, 0.4) is 0 Å². The van der Waals surface area contributed by atoms with Crippen LogP contribution in [0.25, 0.3) is 0 Å². The van der Waals surface area contributed by atoms with E-state index in [1.165, 1.54) is 0 Å². The molecule has 2 nitrogen and oxygen atoms in total. The molecule has 3 heteroatoms. The lowest BCUT2D eigenvalue weighted by Gasteiger charge is -2.20. The number of hydrogen-bond acceptors (Lipinski definition) is 2. The van der Waals surface area contributed by atoms with Gasteiger partial charge in [0, 0.05) is 21.7 Å².